The van der Waals surface area contributed by atoms with Gasteiger partial charge in [-0.2, -0.15) is 0 Å². The van der Waals surface area contributed by atoms with Gasteiger partial charge in [0.15, 0.2) is 17.8 Å². The first kappa shape index (κ1) is 27.6. The van der Waals surface area contributed by atoms with Gasteiger partial charge >= 0.3 is 0 Å². The van der Waals surface area contributed by atoms with Gasteiger partial charge in [-0.05, 0) is 41.3 Å². The van der Waals surface area contributed by atoms with Crippen molar-refractivity contribution in [3.63, 3.8) is 0 Å². The van der Waals surface area contributed by atoms with E-state index in [9.17, 15) is 18.0 Å². The third-order valence-corrected chi connectivity index (χ3v) is 6.65. The lowest BCUT2D eigenvalue weighted by atomic mass is 9.86. The van der Waals surface area contributed by atoms with Crippen molar-refractivity contribution in [3.05, 3.63) is 71.7 Å². The molecule has 0 bridgehead atoms. The molecule has 11 heteroatoms. The Kier molecular flexibility index (Phi) is 7.38. The average molecular weight is 551 g/mol. The summed E-state index contributed by atoms with van der Waals surface area (Å²) in [7, 11) is -0.462. The van der Waals surface area contributed by atoms with Crippen molar-refractivity contribution >= 4 is 44.5 Å². The Labute approximate surface area is 227 Å². The Balaban J connectivity index is 1.75. The lowest BCUT2D eigenvalue weighted by molar-refractivity contribution is 0.101. The fourth-order valence-corrected chi connectivity index (χ4v) is 4.75. The average Bonchev–Trinajstić information content (AvgIpc) is 3.20. The number of pyridine rings is 1. The molecule has 4 aromatic rings. The van der Waals surface area contributed by atoms with E-state index in [-0.39, 0.29) is 22.5 Å². The predicted molar refractivity (Wildman–Crippen MR) is 151 cm³/mol. The molecule has 0 saturated carbocycles. The molecule has 0 aliphatic rings. The van der Waals surface area contributed by atoms with Gasteiger partial charge in [0.05, 0.1) is 30.3 Å². The number of rotatable bonds is 8. The van der Waals surface area contributed by atoms with Crippen molar-refractivity contribution in [3.8, 4) is 17.2 Å². The predicted octanol–water partition coefficient (Wildman–Crippen LogP) is 5.11. The van der Waals surface area contributed by atoms with Crippen LogP contribution in [0.4, 0.5) is 11.4 Å². The van der Waals surface area contributed by atoms with Gasteiger partial charge in [-0.3, -0.25) is 19.3 Å². The van der Waals surface area contributed by atoms with Crippen LogP contribution in [0.1, 0.15) is 47.3 Å². The highest BCUT2D eigenvalue weighted by Crippen LogP contribution is 2.40. The Morgan fingerprint density at radius 3 is 2.44 bits per heavy atom. The molecular formula is C28H30N4O6S. The van der Waals surface area contributed by atoms with Crippen molar-refractivity contribution in [2.45, 2.75) is 26.2 Å². The first-order valence-electron chi connectivity index (χ1n) is 12.0. The van der Waals surface area contributed by atoms with Gasteiger partial charge < -0.3 is 19.4 Å². The maximum absolute atomic E-state index is 13.6. The smallest absolute Gasteiger partial charge is 0.272 e. The molecule has 0 radical (unpaired) electrons. The number of aryl methyl sites for hydroxylation is 1. The SMILES string of the molecule is COc1c(NC(=O)c2cc3cccc(Oc4ccnc(C=O)c4)c3n2C)cc(C(C)(C)C)cc1NS(C)(=O)=O. The van der Waals surface area contributed by atoms with Crippen molar-refractivity contribution in [2.75, 3.05) is 23.4 Å². The fraction of sp³-hybridized carbons (Fsp3) is 0.250. The quantitative estimate of drug-likeness (QED) is 0.292. The van der Waals surface area contributed by atoms with Crippen molar-refractivity contribution < 1.29 is 27.5 Å². The van der Waals surface area contributed by atoms with E-state index >= 15 is 0 Å². The molecule has 0 spiro atoms. The Hall–Kier alpha value is -4.38. The molecule has 204 valence electrons. The second-order valence-corrected chi connectivity index (χ2v) is 11.9. The number of aromatic nitrogens is 2. The standard InChI is InChI=1S/C28H30N4O6S/c1-28(2,3)18-13-21(26(37-5)22(14-18)31-39(6,35)36)30-27(34)23-12-17-8-7-9-24(25(17)32(23)4)38-20-10-11-29-19(15-20)16-33/h7-16,31H,1-6H3,(H,30,34). The number of anilines is 2. The van der Waals surface area contributed by atoms with E-state index in [2.05, 4.69) is 15.0 Å². The number of ether oxygens (including phenoxy) is 2. The van der Waals surface area contributed by atoms with Crippen molar-refractivity contribution in [1.29, 1.82) is 0 Å². The number of carbonyl (C=O) groups excluding carboxylic acids is 2. The minimum Gasteiger partial charge on any atom is -0.492 e. The zero-order chi connectivity index (χ0) is 28.5. The number of para-hydroxylation sites is 1. The molecule has 39 heavy (non-hydrogen) atoms. The van der Waals surface area contributed by atoms with Crippen LogP contribution in [-0.4, -0.2) is 43.5 Å². The number of nitrogens with zero attached hydrogens (tertiary/aromatic N) is 2. The summed E-state index contributed by atoms with van der Waals surface area (Å²) in [4.78, 5) is 28.6. The number of nitrogens with one attached hydrogen (secondary N) is 2. The van der Waals surface area contributed by atoms with E-state index in [4.69, 9.17) is 9.47 Å². The monoisotopic (exact) mass is 550 g/mol. The van der Waals surface area contributed by atoms with Crippen LogP contribution in [0.3, 0.4) is 0 Å². The topological polar surface area (TPSA) is 129 Å². The summed E-state index contributed by atoms with van der Waals surface area (Å²) in [6, 6.07) is 13.8. The summed E-state index contributed by atoms with van der Waals surface area (Å²) in [5.74, 6) is 0.681. The van der Waals surface area contributed by atoms with Gasteiger partial charge in [0.2, 0.25) is 10.0 Å². The number of hydrogen-bond donors (Lipinski definition) is 2. The Morgan fingerprint density at radius 2 is 1.79 bits per heavy atom. The lowest BCUT2D eigenvalue weighted by Crippen LogP contribution is -2.19. The molecule has 10 nitrogen and oxygen atoms in total. The van der Waals surface area contributed by atoms with Gasteiger partial charge in [0.25, 0.3) is 5.91 Å². The maximum atomic E-state index is 13.6. The zero-order valence-electron chi connectivity index (χ0n) is 22.5. The highest BCUT2D eigenvalue weighted by atomic mass is 32.2. The summed E-state index contributed by atoms with van der Waals surface area (Å²) in [5.41, 5.74) is 2.24. The molecule has 2 N–H and O–H groups in total. The van der Waals surface area contributed by atoms with Crippen LogP contribution in [-0.2, 0) is 22.5 Å². The molecule has 2 aromatic heterocycles. The molecule has 2 heterocycles. The molecule has 2 aromatic carbocycles. The van der Waals surface area contributed by atoms with Gasteiger partial charge in [0, 0.05) is 24.7 Å². The number of hydrogen-bond acceptors (Lipinski definition) is 7. The second-order valence-electron chi connectivity index (χ2n) is 10.1. The molecule has 0 fully saturated rings. The van der Waals surface area contributed by atoms with Gasteiger partial charge in [-0.1, -0.05) is 32.9 Å². The third kappa shape index (κ3) is 6.04. The van der Waals surface area contributed by atoms with Crippen LogP contribution in [0.2, 0.25) is 0 Å². The summed E-state index contributed by atoms with van der Waals surface area (Å²) in [6.45, 7) is 5.95. The normalized spacial score (nSPS) is 11.7. The summed E-state index contributed by atoms with van der Waals surface area (Å²) < 4.78 is 39.8. The van der Waals surface area contributed by atoms with Crippen LogP contribution < -0.4 is 19.5 Å². The van der Waals surface area contributed by atoms with E-state index in [0.717, 1.165) is 17.2 Å². The molecule has 1 amide bonds. The van der Waals surface area contributed by atoms with E-state index < -0.39 is 15.9 Å². The molecule has 0 aliphatic carbocycles. The molecule has 0 saturated heterocycles. The largest absolute Gasteiger partial charge is 0.492 e. The summed E-state index contributed by atoms with van der Waals surface area (Å²) in [6.07, 6.45) is 3.17. The van der Waals surface area contributed by atoms with Gasteiger partial charge in [-0.15, -0.1) is 0 Å². The lowest BCUT2D eigenvalue weighted by Gasteiger charge is -2.24. The van der Waals surface area contributed by atoms with E-state index in [0.29, 0.717) is 34.7 Å². The highest BCUT2D eigenvalue weighted by Gasteiger charge is 2.24. The minimum atomic E-state index is -3.61. The maximum Gasteiger partial charge on any atom is 0.272 e. The number of aldehydes is 1. The van der Waals surface area contributed by atoms with Gasteiger partial charge in [-0.25, -0.2) is 8.42 Å². The number of methoxy groups -OCH3 is 1. The summed E-state index contributed by atoms with van der Waals surface area (Å²) in [5, 5.41) is 3.66. The zero-order valence-corrected chi connectivity index (χ0v) is 23.3. The van der Waals surface area contributed by atoms with Crippen LogP contribution in [0, 0.1) is 0 Å². The molecule has 0 unspecified atom stereocenters. The van der Waals surface area contributed by atoms with Crippen LogP contribution >= 0.6 is 0 Å². The second kappa shape index (κ2) is 10.4. The number of sulfonamides is 1. The van der Waals surface area contributed by atoms with Gasteiger partial charge in [0.1, 0.15) is 17.1 Å². The fourth-order valence-electron chi connectivity index (χ4n) is 4.20. The molecule has 0 atom stereocenters. The van der Waals surface area contributed by atoms with Crippen LogP contribution in [0.15, 0.2) is 54.7 Å². The minimum absolute atomic E-state index is 0.188. The number of amides is 1. The van der Waals surface area contributed by atoms with Crippen LogP contribution in [0.25, 0.3) is 10.9 Å². The van der Waals surface area contributed by atoms with Crippen molar-refractivity contribution in [1.82, 2.24) is 9.55 Å². The van der Waals surface area contributed by atoms with Crippen LogP contribution in [0.5, 0.6) is 17.2 Å². The van der Waals surface area contributed by atoms with Crippen molar-refractivity contribution in [2.24, 2.45) is 7.05 Å². The first-order chi connectivity index (χ1) is 18.3. The number of carbonyl (C=O) groups is 2. The molecule has 4 rings (SSSR count). The van der Waals surface area contributed by atoms with E-state index in [1.807, 2.05) is 26.8 Å². The summed E-state index contributed by atoms with van der Waals surface area (Å²) >= 11 is 0. The van der Waals surface area contributed by atoms with E-state index in [1.165, 1.54) is 19.4 Å². The van der Waals surface area contributed by atoms with E-state index in [1.54, 1.807) is 48.0 Å². The highest BCUT2D eigenvalue weighted by molar-refractivity contribution is 7.92. The Morgan fingerprint density at radius 1 is 1.08 bits per heavy atom. The molecule has 0 aliphatic heterocycles. The molecular weight excluding hydrogens is 520 g/mol. The Bertz CT molecular complexity index is 1690. The number of fused-ring (bicyclic) bond motifs is 1. The number of benzene rings is 2. The third-order valence-electron chi connectivity index (χ3n) is 6.06. The first-order valence-corrected chi connectivity index (χ1v) is 13.9.